The highest BCUT2D eigenvalue weighted by Gasteiger charge is 2.46. The van der Waals surface area contributed by atoms with Crippen LogP contribution < -0.4 is 5.32 Å². The van der Waals surface area contributed by atoms with Crippen LogP contribution in [0.3, 0.4) is 0 Å². The molecule has 0 aromatic carbocycles. The number of nitrogens with zero attached hydrogens (tertiary/aromatic N) is 1. The first kappa shape index (κ1) is 12.7. The number of hydrogen-bond donors (Lipinski definition) is 1. The minimum absolute atomic E-state index is 0.00417. The van der Waals surface area contributed by atoms with Crippen molar-refractivity contribution in [2.45, 2.75) is 45.2 Å². The van der Waals surface area contributed by atoms with Crippen molar-refractivity contribution in [2.75, 3.05) is 6.54 Å². The molecule has 1 aliphatic rings. The summed E-state index contributed by atoms with van der Waals surface area (Å²) in [5.74, 6) is -0.0744. The van der Waals surface area contributed by atoms with Gasteiger partial charge in [-0.2, -0.15) is 0 Å². The molecule has 1 N–H and O–H groups in total. The van der Waals surface area contributed by atoms with E-state index in [1.807, 2.05) is 13.8 Å². The number of carbonyl (C=O) groups is 2. The largest absolute Gasteiger partial charge is 0.340 e. The molecule has 0 radical (unpaired) electrons. The lowest BCUT2D eigenvalue weighted by molar-refractivity contribution is -0.154. The Morgan fingerprint density at radius 1 is 1.44 bits per heavy atom. The average molecular weight is 224 g/mol. The molecular weight excluding hydrogens is 204 g/mol. The number of nitrogens with one attached hydrogen (secondary N) is 1. The van der Waals surface area contributed by atoms with Crippen molar-refractivity contribution in [3.05, 3.63) is 12.7 Å². The van der Waals surface area contributed by atoms with Crippen molar-refractivity contribution >= 4 is 11.8 Å². The molecule has 2 amide bonds. The Kier molecular flexibility index (Phi) is 3.73. The van der Waals surface area contributed by atoms with Crippen LogP contribution >= 0.6 is 0 Å². The highest BCUT2D eigenvalue weighted by Crippen LogP contribution is 2.24. The SMILES string of the molecule is C=CCN1C(=O)C(CC)(CC)NC(=O)C1C. The minimum Gasteiger partial charge on any atom is -0.340 e. The van der Waals surface area contributed by atoms with E-state index in [0.29, 0.717) is 19.4 Å². The van der Waals surface area contributed by atoms with Crippen LogP contribution in [0, 0.1) is 0 Å². The van der Waals surface area contributed by atoms with E-state index in [9.17, 15) is 9.59 Å². The maximum Gasteiger partial charge on any atom is 0.249 e. The molecule has 4 heteroatoms. The smallest absolute Gasteiger partial charge is 0.249 e. The van der Waals surface area contributed by atoms with Gasteiger partial charge in [-0.25, -0.2) is 0 Å². The maximum atomic E-state index is 12.3. The van der Waals surface area contributed by atoms with E-state index in [1.165, 1.54) is 0 Å². The zero-order chi connectivity index (χ0) is 12.3. The van der Waals surface area contributed by atoms with E-state index in [-0.39, 0.29) is 11.8 Å². The second kappa shape index (κ2) is 4.68. The van der Waals surface area contributed by atoms with Crippen LogP contribution in [-0.4, -0.2) is 34.8 Å². The summed E-state index contributed by atoms with van der Waals surface area (Å²) in [5, 5.41) is 2.85. The van der Waals surface area contributed by atoms with Crippen molar-refractivity contribution in [2.24, 2.45) is 0 Å². The van der Waals surface area contributed by atoms with Crippen LogP contribution in [0.1, 0.15) is 33.6 Å². The Balaban J connectivity index is 3.05. The van der Waals surface area contributed by atoms with Gasteiger partial charge in [0.15, 0.2) is 0 Å². The fourth-order valence-corrected chi connectivity index (χ4v) is 2.10. The lowest BCUT2D eigenvalue weighted by Crippen LogP contribution is -2.69. The van der Waals surface area contributed by atoms with Gasteiger partial charge in [0.05, 0.1) is 0 Å². The first-order chi connectivity index (χ1) is 7.52. The van der Waals surface area contributed by atoms with Gasteiger partial charge in [0.2, 0.25) is 11.8 Å². The molecule has 1 fully saturated rings. The Morgan fingerprint density at radius 3 is 2.44 bits per heavy atom. The summed E-state index contributed by atoms with van der Waals surface area (Å²) in [6, 6.07) is -0.406. The van der Waals surface area contributed by atoms with E-state index in [0.717, 1.165) is 0 Å². The average Bonchev–Trinajstić information content (AvgIpc) is 2.29. The monoisotopic (exact) mass is 224 g/mol. The standard InChI is InChI=1S/C12H20N2O2/c1-5-8-14-9(4)10(15)13-12(6-2,7-3)11(14)16/h5,9H,1,6-8H2,2-4H3,(H,13,15). The summed E-state index contributed by atoms with van der Waals surface area (Å²) in [6.07, 6.45) is 2.89. The molecule has 0 aromatic heterocycles. The summed E-state index contributed by atoms with van der Waals surface area (Å²) in [7, 11) is 0. The molecule has 90 valence electrons. The molecule has 1 heterocycles. The lowest BCUT2D eigenvalue weighted by atomic mass is 9.87. The fraction of sp³-hybridized carbons (Fsp3) is 0.667. The Labute approximate surface area is 96.7 Å². The van der Waals surface area contributed by atoms with Crippen LogP contribution in [0.15, 0.2) is 12.7 Å². The molecule has 0 bridgehead atoms. The number of amides is 2. The maximum absolute atomic E-state index is 12.3. The van der Waals surface area contributed by atoms with Gasteiger partial charge in [0, 0.05) is 6.54 Å². The normalized spacial score (nSPS) is 24.2. The highest BCUT2D eigenvalue weighted by atomic mass is 16.2. The minimum atomic E-state index is -0.716. The van der Waals surface area contributed by atoms with Crippen LogP contribution in [-0.2, 0) is 9.59 Å². The molecule has 1 aliphatic heterocycles. The Bertz CT molecular complexity index is 308. The summed E-state index contributed by atoms with van der Waals surface area (Å²) in [4.78, 5) is 25.7. The van der Waals surface area contributed by atoms with Crippen molar-refractivity contribution in [3.8, 4) is 0 Å². The molecule has 0 saturated carbocycles. The molecule has 1 unspecified atom stereocenters. The predicted molar refractivity (Wildman–Crippen MR) is 62.8 cm³/mol. The van der Waals surface area contributed by atoms with Gasteiger partial charge in [-0.15, -0.1) is 6.58 Å². The molecule has 4 nitrogen and oxygen atoms in total. The summed E-state index contributed by atoms with van der Waals surface area (Å²) >= 11 is 0. The summed E-state index contributed by atoms with van der Waals surface area (Å²) in [5.41, 5.74) is -0.716. The molecule has 0 aromatic rings. The van der Waals surface area contributed by atoms with Gasteiger partial charge in [-0.05, 0) is 19.8 Å². The Hall–Kier alpha value is -1.32. The molecule has 0 aliphatic carbocycles. The second-order valence-electron chi connectivity index (χ2n) is 4.20. The number of piperazine rings is 1. The zero-order valence-electron chi connectivity index (χ0n) is 10.2. The van der Waals surface area contributed by atoms with Crippen LogP contribution in [0.25, 0.3) is 0 Å². The first-order valence-electron chi connectivity index (χ1n) is 5.76. The van der Waals surface area contributed by atoms with E-state index < -0.39 is 11.6 Å². The molecule has 0 spiro atoms. The third-order valence-electron chi connectivity index (χ3n) is 3.41. The molecule has 16 heavy (non-hydrogen) atoms. The van der Waals surface area contributed by atoms with Crippen LogP contribution in [0.5, 0.6) is 0 Å². The quantitative estimate of drug-likeness (QED) is 0.726. The second-order valence-corrected chi connectivity index (χ2v) is 4.20. The molecular formula is C12H20N2O2. The summed E-state index contributed by atoms with van der Waals surface area (Å²) in [6.45, 7) is 9.63. The van der Waals surface area contributed by atoms with Gasteiger partial charge >= 0.3 is 0 Å². The van der Waals surface area contributed by atoms with Gasteiger partial charge in [-0.3, -0.25) is 9.59 Å². The van der Waals surface area contributed by atoms with Gasteiger partial charge < -0.3 is 10.2 Å². The van der Waals surface area contributed by atoms with E-state index >= 15 is 0 Å². The third kappa shape index (κ3) is 1.84. The van der Waals surface area contributed by atoms with Crippen molar-refractivity contribution in [1.29, 1.82) is 0 Å². The summed E-state index contributed by atoms with van der Waals surface area (Å²) < 4.78 is 0. The van der Waals surface area contributed by atoms with Gasteiger partial charge in [0.25, 0.3) is 0 Å². The molecule has 1 saturated heterocycles. The van der Waals surface area contributed by atoms with Crippen LogP contribution in [0.4, 0.5) is 0 Å². The third-order valence-corrected chi connectivity index (χ3v) is 3.41. The van der Waals surface area contributed by atoms with Crippen LogP contribution in [0.2, 0.25) is 0 Å². The topological polar surface area (TPSA) is 49.4 Å². The van der Waals surface area contributed by atoms with Gasteiger partial charge in [0.1, 0.15) is 11.6 Å². The van der Waals surface area contributed by atoms with Crippen molar-refractivity contribution in [1.82, 2.24) is 10.2 Å². The molecule has 1 atom stereocenters. The van der Waals surface area contributed by atoms with E-state index in [2.05, 4.69) is 11.9 Å². The fourth-order valence-electron chi connectivity index (χ4n) is 2.10. The lowest BCUT2D eigenvalue weighted by Gasteiger charge is -2.44. The number of hydrogen-bond acceptors (Lipinski definition) is 2. The van der Waals surface area contributed by atoms with E-state index in [4.69, 9.17) is 0 Å². The van der Waals surface area contributed by atoms with Crippen molar-refractivity contribution in [3.63, 3.8) is 0 Å². The highest BCUT2D eigenvalue weighted by molar-refractivity contribution is 5.99. The van der Waals surface area contributed by atoms with Gasteiger partial charge in [-0.1, -0.05) is 19.9 Å². The number of rotatable bonds is 4. The van der Waals surface area contributed by atoms with Crippen molar-refractivity contribution < 1.29 is 9.59 Å². The Morgan fingerprint density at radius 2 is 2.00 bits per heavy atom. The zero-order valence-corrected chi connectivity index (χ0v) is 10.2. The number of carbonyl (C=O) groups excluding carboxylic acids is 2. The predicted octanol–water partition coefficient (Wildman–Crippen LogP) is 1.08. The first-order valence-corrected chi connectivity index (χ1v) is 5.76. The molecule has 1 rings (SSSR count). The van der Waals surface area contributed by atoms with E-state index in [1.54, 1.807) is 17.9 Å².